The Balaban J connectivity index is 1.55. The minimum Gasteiger partial charge on any atom is -0.496 e. The number of nitrogens with two attached hydrogens (primary N) is 1. The molecule has 1 amide bonds. The lowest BCUT2D eigenvalue weighted by atomic mass is 10.2. The molecule has 166 valence electrons. The minimum absolute atomic E-state index is 0.0722. The van der Waals surface area contributed by atoms with Gasteiger partial charge in [0.25, 0.3) is 5.91 Å². The number of carbonyl (C=O) groups is 1. The maximum absolute atomic E-state index is 12.6. The third-order valence-electron chi connectivity index (χ3n) is 4.49. The molecule has 0 unspecified atom stereocenters. The molecular formula is C20H24N4O6S. The first-order valence-corrected chi connectivity index (χ1v) is 10.9. The van der Waals surface area contributed by atoms with Gasteiger partial charge in [-0.25, -0.2) is 8.42 Å². The van der Waals surface area contributed by atoms with Crippen LogP contribution < -0.4 is 15.8 Å². The Morgan fingerprint density at radius 1 is 1.16 bits per heavy atom. The van der Waals surface area contributed by atoms with Crippen molar-refractivity contribution in [3.63, 3.8) is 0 Å². The molecule has 0 atom stereocenters. The summed E-state index contributed by atoms with van der Waals surface area (Å²) in [5.41, 5.74) is 6.84. The van der Waals surface area contributed by atoms with E-state index in [1.807, 2.05) is 0 Å². The molecule has 11 heteroatoms. The van der Waals surface area contributed by atoms with Crippen LogP contribution in [0.4, 0.5) is 5.69 Å². The number of nitrogens with zero attached hydrogens (tertiary/aromatic N) is 2. The zero-order valence-corrected chi connectivity index (χ0v) is 17.8. The van der Waals surface area contributed by atoms with Crippen molar-refractivity contribution < 1.29 is 27.5 Å². The van der Waals surface area contributed by atoms with Crippen LogP contribution in [0.5, 0.6) is 5.75 Å². The Morgan fingerprint density at radius 2 is 1.84 bits per heavy atom. The zero-order chi connectivity index (χ0) is 22.3. The van der Waals surface area contributed by atoms with Gasteiger partial charge in [0.15, 0.2) is 12.4 Å². The van der Waals surface area contributed by atoms with E-state index in [4.69, 9.17) is 20.0 Å². The lowest BCUT2D eigenvalue weighted by Crippen LogP contribution is -2.40. The molecule has 1 fully saturated rings. The van der Waals surface area contributed by atoms with Crippen LogP contribution in [0.2, 0.25) is 0 Å². The Morgan fingerprint density at radius 3 is 2.52 bits per heavy atom. The van der Waals surface area contributed by atoms with Crippen molar-refractivity contribution in [3.05, 3.63) is 54.1 Å². The average molecular weight is 449 g/mol. The molecular weight excluding hydrogens is 424 g/mol. The zero-order valence-electron chi connectivity index (χ0n) is 17.0. The van der Waals surface area contributed by atoms with Gasteiger partial charge in [-0.05, 0) is 36.4 Å². The van der Waals surface area contributed by atoms with E-state index in [0.717, 1.165) is 0 Å². The largest absolute Gasteiger partial charge is 0.496 e. The maximum Gasteiger partial charge on any atom is 0.265 e. The van der Waals surface area contributed by atoms with Gasteiger partial charge < -0.3 is 25.4 Å². The molecule has 0 spiro atoms. The topological polar surface area (TPSA) is 133 Å². The van der Waals surface area contributed by atoms with Gasteiger partial charge >= 0.3 is 0 Å². The first kappa shape index (κ1) is 22.5. The van der Waals surface area contributed by atoms with E-state index in [-0.39, 0.29) is 17.3 Å². The normalized spacial score (nSPS) is 15.3. The van der Waals surface area contributed by atoms with Gasteiger partial charge in [0.05, 0.1) is 30.8 Å². The van der Waals surface area contributed by atoms with Gasteiger partial charge in [0.1, 0.15) is 5.75 Å². The summed E-state index contributed by atoms with van der Waals surface area (Å²) in [6, 6.07) is 12.9. The standard InChI is InChI=1S/C20H24N4O6S/c1-28-18-5-3-2-4-17(18)20(21)23-30-14-19(25)22-15-6-8-16(9-7-15)31(26,27)24-10-12-29-13-11-24/h2-9H,10-14H2,1H3,(H2,21,23)(H,22,25). The highest BCUT2D eigenvalue weighted by molar-refractivity contribution is 7.89. The number of anilines is 1. The number of para-hydroxylation sites is 1. The molecule has 3 rings (SSSR count). The highest BCUT2D eigenvalue weighted by atomic mass is 32.2. The highest BCUT2D eigenvalue weighted by Gasteiger charge is 2.26. The summed E-state index contributed by atoms with van der Waals surface area (Å²) < 4.78 is 37.0. The third-order valence-corrected chi connectivity index (χ3v) is 6.40. The Bertz CT molecular complexity index is 1030. The summed E-state index contributed by atoms with van der Waals surface area (Å²) in [6.45, 7) is 1.01. The van der Waals surface area contributed by atoms with Crippen molar-refractivity contribution in [1.29, 1.82) is 0 Å². The molecule has 0 aliphatic carbocycles. The number of amides is 1. The van der Waals surface area contributed by atoms with Crippen LogP contribution in [-0.2, 0) is 24.4 Å². The van der Waals surface area contributed by atoms with Crippen LogP contribution in [0.15, 0.2) is 58.6 Å². The summed E-state index contributed by atoms with van der Waals surface area (Å²) in [5.74, 6) is 0.132. The number of benzene rings is 2. The van der Waals surface area contributed by atoms with E-state index < -0.39 is 15.9 Å². The fourth-order valence-electron chi connectivity index (χ4n) is 2.91. The second kappa shape index (κ2) is 10.2. The number of carbonyl (C=O) groups excluding carboxylic acids is 1. The second-order valence-corrected chi connectivity index (χ2v) is 8.48. The van der Waals surface area contributed by atoms with Crippen LogP contribution in [0.25, 0.3) is 0 Å². The number of sulfonamides is 1. The molecule has 0 bridgehead atoms. The first-order chi connectivity index (χ1) is 14.9. The van der Waals surface area contributed by atoms with E-state index in [9.17, 15) is 13.2 Å². The Hall–Kier alpha value is -3.15. The predicted octanol–water partition coefficient (Wildman–Crippen LogP) is 0.992. The molecule has 0 radical (unpaired) electrons. The molecule has 0 saturated carbocycles. The van der Waals surface area contributed by atoms with Gasteiger partial charge in [0, 0.05) is 18.8 Å². The molecule has 0 aromatic heterocycles. The number of rotatable bonds is 8. The lowest BCUT2D eigenvalue weighted by molar-refractivity contribution is -0.120. The van der Waals surface area contributed by atoms with Crippen LogP contribution >= 0.6 is 0 Å². The number of hydrogen-bond donors (Lipinski definition) is 2. The molecule has 31 heavy (non-hydrogen) atoms. The van der Waals surface area contributed by atoms with E-state index in [1.54, 1.807) is 24.3 Å². The smallest absolute Gasteiger partial charge is 0.265 e. The third kappa shape index (κ3) is 5.72. The van der Waals surface area contributed by atoms with E-state index in [1.165, 1.54) is 35.7 Å². The van der Waals surface area contributed by atoms with Crippen molar-refractivity contribution in [2.24, 2.45) is 10.9 Å². The molecule has 3 N–H and O–H groups in total. The number of ether oxygens (including phenoxy) is 2. The second-order valence-electron chi connectivity index (χ2n) is 6.54. The molecule has 1 aliphatic rings. The minimum atomic E-state index is -3.59. The van der Waals surface area contributed by atoms with Crippen molar-refractivity contribution in [1.82, 2.24) is 4.31 Å². The molecule has 1 saturated heterocycles. The van der Waals surface area contributed by atoms with Crippen molar-refractivity contribution in [2.45, 2.75) is 4.90 Å². The van der Waals surface area contributed by atoms with Gasteiger partial charge in [-0.15, -0.1) is 0 Å². The van der Waals surface area contributed by atoms with Gasteiger partial charge in [-0.2, -0.15) is 4.31 Å². The SMILES string of the molecule is COc1ccccc1/C(N)=N/OCC(=O)Nc1ccc(S(=O)(=O)N2CCOCC2)cc1. The number of morpholine rings is 1. The quantitative estimate of drug-likeness (QED) is 0.350. The number of nitrogens with one attached hydrogen (secondary N) is 1. The molecule has 1 heterocycles. The summed E-state index contributed by atoms with van der Waals surface area (Å²) in [6.07, 6.45) is 0. The number of methoxy groups -OCH3 is 1. The van der Waals surface area contributed by atoms with E-state index in [2.05, 4.69) is 10.5 Å². The Kier molecular flexibility index (Phi) is 7.45. The van der Waals surface area contributed by atoms with Crippen LogP contribution in [0.1, 0.15) is 5.56 Å². The molecule has 2 aromatic carbocycles. The number of amidine groups is 1. The summed E-state index contributed by atoms with van der Waals surface area (Å²) in [5, 5.41) is 6.35. The average Bonchev–Trinajstić information content (AvgIpc) is 2.80. The summed E-state index contributed by atoms with van der Waals surface area (Å²) >= 11 is 0. The van der Waals surface area contributed by atoms with E-state index in [0.29, 0.717) is 43.3 Å². The van der Waals surface area contributed by atoms with Gasteiger partial charge in [-0.3, -0.25) is 4.79 Å². The fourth-order valence-corrected chi connectivity index (χ4v) is 4.32. The molecule has 2 aromatic rings. The van der Waals surface area contributed by atoms with Crippen LogP contribution in [-0.4, -0.2) is 64.5 Å². The number of oxime groups is 1. The van der Waals surface area contributed by atoms with E-state index >= 15 is 0 Å². The molecule has 10 nitrogen and oxygen atoms in total. The summed E-state index contributed by atoms with van der Waals surface area (Å²) in [7, 11) is -2.08. The first-order valence-electron chi connectivity index (χ1n) is 9.48. The monoisotopic (exact) mass is 448 g/mol. The Labute approximate surface area is 180 Å². The van der Waals surface area contributed by atoms with Gasteiger partial charge in [-0.1, -0.05) is 17.3 Å². The fraction of sp³-hybridized carbons (Fsp3) is 0.300. The lowest BCUT2D eigenvalue weighted by Gasteiger charge is -2.26. The van der Waals surface area contributed by atoms with Crippen molar-refractivity contribution in [2.75, 3.05) is 45.3 Å². The maximum atomic E-state index is 12.6. The van der Waals surface area contributed by atoms with Crippen LogP contribution in [0.3, 0.4) is 0 Å². The van der Waals surface area contributed by atoms with Crippen LogP contribution in [0, 0.1) is 0 Å². The van der Waals surface area contributed by atoms with Gasteiger partial charge in [0.2, 0.25) is 10.0 Å². The molecule has 1 aliphatic heterocycles. The highest BCUT2D eigenvalue weighted by Crippen LogP contribution is 2.19. The number of hydrogen-bond acceptors (Lipinski definition) is 7. The predicted molar refractivity (Wildman–Crippen MR) is 114 cm³/mol. The van der Waals surface area contributed by atoms with Crippen molar-refractivity contribution in [3.8, 4) is 5.75 Å². The summed E-state index contributed by atoms with van der Waals surface area (Å²) in [4.78, 5) is 17.2. The van der Waals surface area contributed by atoms with Crippen molar-refractivity contribution >= 4 is 27.5 Å².